The Labute approximate surface area is 253 Å². The lowest BCUT2D eigenvalue weighted by Gasteiger charge is -2.51. The fourth-order valence-electron chi connectivity index (χ4n) is 8.09. The van der Waals surface area contributed by atoms with E-state index in [0.29, 0.717) is 21.7 Å². The van der Waals surface area contributed by atoms with Crippen LogP contribution in [0, 0.1) is 57.2 Å². The topological polar surface area (TPSA) is 0 Å². The molecule has 0 aliphatic heterocycles. The van der Waals surface area contributed by atoms with Gasteiger partial charge in [0.15, 0.2) is 0 Å². The van der Waals surface area contributed by atoms with Crippen LogP contribution in [0.5, 0.6) is 0 Å². The van der Waals surface area contributed by atoms with Gasteiger partial charge in [-0.2, -0.15) is 0 Å². The summed E-state index contributed by atoms with van der Waals surface area (Å²) < 4.78 is 0. The maximum absolute atomic E-state index is 4.01. The molecule has 0 saturated heterocycles. The zero-order chi connectivity index (χ0) is 31.1. The molecule has 0 bridgehead atoms. The molecular formula is C40H72. The summed E-state index contributed by atoms with van der Waals surface area (Å²) in [4.78, 5) is 0. The van der Waals surface area contributed by atoms with E-state index in [1.807, 2.05) is 0 Å². The van der Waals surface area contributed by atoms with Crippen molar-refractivity contribution in [3.63, 3.8) is 0 Å². The van der Waals surface area contributed by atoms with Gasteiger partial charge < -0.3 is 0 Å². The number of hydrogen-bond donors (Lipinski definition) is 0. The van der Waals surface area contributed by atoms with Crippen molar-refractivity contribution in [1.82, 2.24) is 0 Å². The molecule has 6 unspecified atom stereocenters. The number of rotatable bonds is 7. The van der Waals surface area contributed by atoms with Crippen LogP contribution in [0.2, 0.25) is 0 Å². The van der Waals surface area contributed by atoms with E-state index >= 15 is 0 Å². The van der Waals surface area contributed by atoms with Gasteiger partial charge in [-0.05, 0) is 89.3 Å². The van der Waals surface area contributed by atoms with E-state index in [9.17, 15) is 0 Å². The first-order valence-corrected chi connectivity index (χ1v) is 17.1. The first-order chi connectivity index (χ1) is 18.5. The second-order valence-electron chi connectivity index (χ2n) is 15.8. The average molecular weight is 553 g/mol. The molecule has 6 atom stereocenters. The molecule has 0 aromatic rings. The van der Waals surface area contributed by atoms with E-state index in [4.69, 9.17) is 0 Å². The molecule has 0 heteroatoms. The van der Waals surface area contributed by atoms with Crippen LogP contribution >= 0.6 is 0 Å². The molecule has 0 aromatic heterocycles. The van der Waals surface area contributed by atoms with Crippen LogP contribution < -0.4 is 0 Å². The molecule has 0 aromatic carbocycles. The van der Waals surface area contributed by atoms with Gasteiger partial charge >= 0.3 is 0 Å². The summed E-state index contributed by atoms with van der Waals surface area (Å²) >= 11 is 0. The standard InChI is InChI=1S/C11H20.2C10H18.C9H16/c1-5-7-10-8-9(6-2)11(10,3)4;2*1-5-8-7-9(6-2)10(8,3)4;1-5-8-6-7(2)9(8,3)4/h7,9H,5-6,8H2,1-4H3;2*5,8-9H,1,6-7H2,2-4H3;8H,2,5-6H2,1,3-4H3/b10-7+;;;. The van der Waals surface area contributed by atoms with Crippen LogP contribution in [-0.4, -0.2) is 0 Å². The van der Waals surface area contributed by atoms with Crippen LogP contribution in [0.15, 0.2) is 49.1 Å². The summed E-state index contributed by atoms with van der Waals surface area (Å²) in [5, 5.41) is 0. The molecular weight excluding hydrogens is 480 g/mol. The van der Waals surface area contributed by atoms with E-state index in [1.165, 1.54) is 63.4 Å². The highest BCUT2D eigenvalue weighted by molar-refractivity contribution is 5.24. The highest BCUT2D eigenvalue weighted by Gasteiger charge is 2.45. The zero-order valence-electron chi connectivity index (χ0n) is 29.7. The van der Waals surface area contributed by atoms with Crippen molar-refractivity contribution in [3.8, 4) is 0 Å². The molecule has 0 nitrogen and oxygen atoms in total. The third-order valence-electron chi connectivity index (χ3n) is 12.8. The molecule has 4 saturated carbocycles. The monoisotopic (exact) mass is 553 g/mol. The molecule has 4 aliphatic rings. The van der Waals surface area contributed by atoms with Crippen molar-refractivity contribution in [2.45, 2.75) is 148 Å². The molecule has 4 aliphatic carbocycles. The Morgan fingerprint density at radius 2 is 0.975 bits per heavy atom. The Kier molecular flexibility index (Phi) is 13.8. The van der Waals surface area contributed by atoms with Crippen LogP contribution in [0.1, 0.15) is 148 Å². The lowest BCUT2D eigenvalue weighted by Crippen LogP contribution is -2.43. The van der Waals surface area contributed by atoms with E-state index in [1.54, 1.807) is 5.57 Å². The minimum absolute atomic E-state index is 0.453. The van der Waals surface area contributed by atoms with E-state index in [2.05, 4.69) is 128 Å². The van der Waals surface area contributed by atoms with Crippen molar-refractivity contribution < 1.29 is 0 Å². The normalized spacial score (nSPS) is 34.3. The average Bonchev–Trinajstić information content (AvgIpc) is 2.90. The van der Waals surface area contributed by atoms with Gasteiger partial charge in [0, 0.05) is 0 Å². The maximum atomic E-state index is 4.01. The number of allylic oxidation sites excluding steroid dienone is 5. The SMILES string of the molecule is C=C1CC(CC)C1(C)C.C=CC1CC(CC)C1(C)C.C=CC1CC(CC)C1(C)C.CC/C=C1\CC(CC)C1(C)C. The van der Waals surface area contributed by atoms with Gasteiger partial charge in [-0.15, -0.1) is 13.2 Å². The summed E-state index contributed by atoms with van der Waals surface area (Å²) in [6.45, 7) is 41.9. The lowest BCUT2D eigenvalue weighted by molar-refractivity contribution is 0.00945. The van der Waals surface area contributed by atoms with Crippen LogP contribution in [0.25, 0.3) is 0 Å². The highest BCUT2D eigenvalue weighted by atomic mass is 14.5. The van der Waals surface area contributed by atoms with Gasteiger partial charge in [0.1, 0.15) is 0 Å². The fourth-order valence-corrected chi connectivity index (χ4v) is 8.09. The molecule has 232 valence electrons. The maximum Gasteiger partial charge on any atom is -0.0113 e. The van der Waals surface area contributed by atoms with E-state index in [0.717, 1.165) is 35.5 Å². The second kappa shape index (κ2) is 14.9. The molecule has 0 N–H and O–H groups in total. The van der Waals surface area contributed by atoms with Gasteiger partial charge in [-0.1, -0.05) is 152 Å². The largest absolute Gasteiger partial charge is 0.103 e. The zero-order valence-corrected chi connectivity index (χ0v) is 29.7. The second-order valence-corrected chi connectivity index (χ2v) is 15.8. The number of hydrogen-bond acceptors (Lipinski definition) is 0. The molecule has 4 fully saturated rings. The highest BCUT2D eigenvalue weighted by Crippen LogP contribution is 2.54. The Morgan fingerprint density at radius 3 is 1.18 bits per heavy atom. The third kappa shape index (κ3) is 7.86. The quantitative estimate of drug-likeness (QED) is 0.275. The summed E-state index contributed by atoms with van der Waals surface area (Å²) in [5.41, 5.74) is 5.17. The Morgan fingerprint density at radius 1 is 0.600 bits per heavy atom. The van der Waals surface area contributed by atoms with Crippen LogP contribution in [0.3, 0.4) is 0 Å². The molecule has 40 heavy (non-hydrogen) atoms. The minimum Gasteiger partial charge on any atom is -0.103 e. The smallest absolute Gasteiger partial charge is 0.0113 e. The first kappa shape index (κ1) is 37.0. The summed E-state index contributed by atoms with van der Waals surface area (Å²) in [5.74, 6) is 5.28. The van der Waals surface area contributed by atoms with E-state index < -0.39 is 0 Å². The van der Waals surface area contributed by atoms with Crippen LogP contribution in [0.4, 0.5) is 0 Å². The van der Waals surface area contributed by atoms with Gasteiger partial charge in [-0.25, -0.2) is 0 Å². The van der Waals surface area contributed by atoms with Gasteiger partial charge in [0.05, 0.1) is 0 Å². The molecule has 0 amide bonds. The molecule has 0 heterocycles. The van der Waals surface area contributed by atoms with Crippen molar-refractivity contribution >= 4 is 0 Å². The van der Waals surface area contributed by atoms with Gasteiger partial charge in [0.25, 0.3) is 0 Å². The first-order valence-electron chi connectivity index (χ1n) is 17.1. The van der Waals surface area contributed by atoms with Gasteiger partial charge in [-0.3, -0.25) is 0 Å². The Balaban J connectivity index is 0.000000267. The van der Waals surface area contributed by atoms with Crippen molar-refractivity contribution in [2.75, 3.05) is 0 Å². The lowest BCUT2D eigenvalue weighted by atomic mass is 9.54. The molecule has 0 spiro atoms. The summed E-state index contributed by atoms with van der Waals surface area (Å²) in [6, 6.07) is 0. The minimum atomic E-state index is 0.453. The van der Waals surface area contributed by atoms with Crippen molar-refractivity contribution in [3.05, 3.63) is 49.1 Å². The molecule has 0 radical (unpaired) electrons. The van der Waals surface area contributed by atoms with Crippen molar-refractivity contribution in [1.29, 1.82) is 0 Å². The summed E-state index contributed by atoms with van der Waals surface area (Å²) in [6.07, 6.45) is 18.5. The van der Waals surface area contributed by atoms with Crippen molar-refractivity contribution in [2.24, 2.45) is 57.2 Å². The summed E-state index contributed by atoms with van der Waals surface area (Å²) in [7, 11) is 0. The third-order valence-corrected chi connectivity index (χ3v) is 12.8. The Bertz CT molecular complexity index is 809. The fraction of sp³-hybridized carbons (Fsp3) is 0.800. The van der Waals surface area contributed by atoms with Crippen LogP contribution in [-0.2, 0) is 0 Å². The van der Waals surface area contributed by atoms with Gasteiger partial charge in [0.2, 0.25) is 0 Å². The Hall–Kier alpha value is -1.04. The van der Waals surface area contributed by atoms with E-state index in [-0.39, 0.29) is 0 Å². The predicted molar refractivity (Wildman–Crippen MR) is 184 cm³/mol. The predicted octanol–water partition coefficient (Wildman–Crippen LogP) is 13.3. The molecule has 4 rings (SSSR count).